The van der Waals surface area contributed by atoms with Crippen LogP contribution in [0.4, 0.5) is 0 Å². The topological polar surface area (TPSA) is 34.4 Å². The van der Waals surface area contributed by atoms with Crippen molar-refractivity contribution in [1.82, 2.24) is 9.38 Å². The van der Waals surface area contributed by atoms with E-state index in [1.54, 1.807) is 17.5 Å². The van der Waals surface area contributed by atoms with Crippen LogP contribution >= 0.6 is 11.3 Å². The Labute approximate surface area is 121 Å². The van der Waals surface area contributed by atoms with E-state index in [-0.39, 0.29) is 0 Å². The van der Waals surface area contributed by atoms with Gasteiger partial charge in [0.05, 0.1) is 6.20 Å². The summed E-state index contributed by atoms with van der Waals surface area (Å²) in [5, 5.41) is 0. The zero-order valence-electron chi connectivity index (χ0n) is 11.8. The van der Waals surface area contributed by atoms with Crippen LogP contribution in [0, 0.1) is 20.8 Å². The molecule has 2 heterocycles. The molecule has 20 heavy (non-hydrogen) atoms. The number of carbonyl (C=O) groups excluding carboxylic acids is 1. The third-order valence-electron chi connectivity index (χ3n) is 3.48. The molecule has 0 bridgehead atoms. The summed E-state index contributed by atoms with van der Waals surface area (Å²) in [6.45, 7) is 6.29. The van der Waals surface area contributed by atoms with Gasteiger partial charge >= 0.3 is 0 Å². The second-order valence-electron chi connectivity index (χ2n) is 5.20. The van der Waals surface area contributed by atoms with Crippen LogP contribution < -0.4 is 0 Å². The van der Waals surface area contributed by atoms with Crippen molar-refractivity contribution in [2.45, 2.75) is 27.2 Å². The summed E-state index contributed by atoms with van der Waals surface area (Å²) in [6, 6.07) is 6.62. The second-order valence-corrected chi connectivity index (χ2v) is 6.26. The number of fused-ring (bicyclic) bond motifs is 1. The molecule has 1 aromatic carbocycles. The van der Waals surface area contributed by atoms with Gasteiger partial charge in [0.1, 0.15) is 5.69 Å². The van der Waals surface area contributed by atoms with Crippen LogP contribution in [0.2, 0.25) is 0 Å². The molecule has 3 nitrogen and oxygen atoms in total. The van der Waals surface area contributed by atoms with Crippen LogP contribution in [-0.2, 0) is 6.42 Å². The zero-order chi connectivity index (χ0) is 14.3. The van der Waals surface area contributed by atoms with E-state index in [0.717, 1.165) is 23.4 Å². The standard InChI is InChI=1S/C16H16N2OS/c1-10-4-11(2)6-13(5-10)7-15-12(3)18-14(9-19)8-17-16(18)20-15/h4-6,8-9H,7H2,1-3H3. The number of hydrogen-bond donors (Lipinski definition) is 0. The smallest absolute Gasteiger partial charge is 0.194 e. The minimum Gasteiger partial charge on any atom is -0.296 e. The highest BCUT2D eigenvalue weighted by molar-refractivity contribution is 7.17. The molecule has 0 radical (unpaired) electrons. The first-order chi connectivity index (χ1) is 9.58. The molecule has 0 saturated carbocycles. The maximum absolute atomic E-state index is 11.0. The Hall–Kier alpha value is -1.94. The Morgan fingerprint density at radius 3 is 2.55 bits per heavy atom. The van der Waals surface area contributed by atoms with E-state index in [2.05, 4.69) is 44.0 Å². The van der Waals surface area contributed by atoms with Gasteiger partial charge in [-0.1, -0.05) is 29.3 Å². The lowest BCUT2D eigenvalue weighted by molar-refractivity contribution is 0.111. The zero-order valence-corrected chi connectivity index (χ0v) is 12.6. The summed E-state index contributed by atoms with van der Waals surface area (Å²) < 4.78 is 1.94. The fraction of sp³-hybridized carbons (Fsp3) is 0.250. The van der Waals surface area contributed by atoms with Crippen molar-refractivity contribution in [2.24, 2.45) is 0 Å². The molecule has 102 valence electrons. The lowest BCUT2D eigenvalue weighted by Gasteiger charge is -2.04. The van der Waals surface area contributed by atoms with Crippen molar-refractivity contribution in [3.8, 4) is 0 Å². The molecular formula is C16H16N2OS. The monoisotopic (exact) mass is 284 g/mol. The van der Waals surface area contributed by atoms with E-state index in [1.165, 1.54) is 21.6 Å². The predicted octanol–water partition coefficient (Wildman–Crippen LogP) is 3.72. The molecule has 4 heteroatoms. The van der Waals surface area contributed by atoms with E-state index in [9.17, 15) is 4.79 Å². The predicted molar refractivity (Wildman–Crippen MR) is 81.9 cm³/mol. The lowest BCUT2D eigenvalue weighted by Crippen LogP contribution is -1.95. The average Bonchev–Trinajstić information content (AvgIpc) is 2.90. The van der Waals surface area contributed by atoms with Crippen molar-refractivity contribution in [2.75, 3.05) is 0 Å². The maximum atomic E-state index is 11.0. The summed E-state index contributed by atoms with van der Waals surface area (Å²) in [7, 11) is 0. The van der Waals surface area contributed by atoms with Gasteiger partial charge in [-0.05, 0) is 26.3 Å². The first-order valence-electron chi connectivity index (χ1n) is 6.56. The molecule has 0 amide bonds. The summed E-state index contributed by atoms with van der Waals surface area (Å²) in [5.41, 5.74) is 5.62. The molecular weight excluding hydrogens is 268 g/mol. The van der Waals surface area contributed by atoms with Gasteiger partial charge in [0, 0.05) is 17.0 Å². The van der Waals surface area contributed by atoms with E-state index in [0.29, 0.717) is 5.69 Å². The number of thiazole rings is 1. The SMILES string of the molecule is Cc1cc(C)cc(Cc2sc3ncc(C=O)n3c2C)c1. The number of nitrogens with zero attached hydrogens (tertiary/aromatic N) is 2. The molecule has 0 aliphatic heterocycles. The highest BCUT2D eigenvalue weighted by Crippen LogP contribution is 2.26. The van der Waals surface area contributed by atoms with Crippen molar-refractivity contribution >= 4 is 22.6 Å². The minimum absolute atomic E-state index is 0.625. The first kappa shape index (κ1) is 13.1. The molecule has 0 aliphatic carbocycles. The Morgan fingerprint density at radius 1 is 1.20 bits per heavy atom. The van der Waals surface area contributed by atoms with Gasteiger partial charge in [-0.15, -0.1) is 11.3 Å². The maximum Gasteiger partial charge on any atom is 0.194 e. The number of aromatic nitrogens is 2. The number of rotatable bonds is 3. The van der Waals surface area contributed by atoms with Crippen LogP contribution in [0.3, 0.4) is 0 Å². The molecule has 0 atom stereocenters. The third kappa shape index (κ3) is 2.16. The second kappa shape index (κ2) is 4.87. The fourth-order valence-electron chi connectivity index (χ4n) is 2.67. The van der Waals surface area contributed by atoms with E-state index >= 15 is 0 Å². The van der Waals surface area contributed by atoms with Crippen molar-refractivity contribution in [1.29, 1.82) is 0 Å². The molecule has 0 aliphatic rings. The molecule has 3 rings (SSSR count). The number of benzene rings is 1. The molecule has 2 aromatic heterocycles. The number of carbonyl (C=O) groups is 1. The van der Waals surface area contributed by atoms with Gasteiger partial charge < -0.3 is 0 Å². The van der Waals surface area contributed by atoms with E-state index in [4.69, 9.17) is 0 Å². The fourth-order valence-corrected chi connectivity index (χ4v) is 3.81. The quantitative estimate of drug-likeness (QED) is 0.687. The van der Waals surface area contributed by atoms with E-state index in [1.807, 2.05) is 4.40 Å². The van der Waals surface area contributed by atoms with Crippen molar-refractivity contribution < 1.29 is 4.79 Å². The van der Waals surface area contributed by atoms with Gasteiger partial charge in [0.15, 0.2) is 11.2 Å². The van der Waals surface area contributed by atoms with Gasteiger partial charge in [-0.3, -0.25) is 9.20 Å². The summed E-state index contributed by atoms with van der Waals surface area (Å²) >= 11 is 1.66. The molecule has 0 spiro atoms. The molecule has 0 saturated heterocycles. The third-order valence-corrected chi connectivity index (χ3v) is 4.63. The number of aryl methyl sites for hydroxylation is 3. The number of hydrogen-bond acceptors (Lipinski definition) is 3. The van der Waals surface area contributed by atoms with Crippen LogP contribution in [0.5, 0.6) is 0 Å². The van der Waals surface area contributed by atoms with Gasteiger partial charge in [-0.2, -0.15) is 0 Å². The molecule has 0 N–H and O–H groups in total. The molecule has 3 aromatic rings. The summed E-state index contributed by atoms with van der Waals surface area (Å²) in [4.78, 5) is 17.5. The Morgan fingerprint density at radius 2 is 1.90 bits per heavy atom. The van der Waals surface area contributed by atoms with Crippen LogP contribution in [0.1, 0.15) is 37.7 Å². The van der Waals surface area contributed by atoms with Gasteiger partial charge in [0.25, 0.3) is 0 Å². The normalized spacial score (nSPS) is 11.2. The van der Waals surface area contributed by atoms with Crippen LogP contribution in [0.15, 0.2) is 24.4 Å². The largest absolute Gasteiger partial charge is 0.296 e. The number of imidazole rings is 1. The van der Waals surface area contributed by atoms with Gasteiger partial charge in [0.2, 0.25) is 0 Å². The molecule has 0 fully saturated rings. The lowest BCUT2D eigenvalue weighted by atomic mass is 10.0. The van der Waals surface area contributed by atoms with Crippen molar-refractivity contribution in [3.63, 3.8) is 0 Å². The Bertz CT molecular complexity index is 778. The van der Waals surface area contributed by atoms with E-state index < -0.39 is 0 Å². The minimum atomic E-state index is 0.625. The Kier molecular flexibility index (Phi) is 3.18. The first-order valence-corrected chi connectivity index (χ1v) is 7.38. The van der Waals surface area contributed by atoms with Crippen molar-refractivity contribution in [3.05, 3.63) is 57.4 Å². The summed E-state index contributed by atoms with van der Waals surface area (Å²) in [6.07, 6.45) is 3.38. The highest BCUT2D eigenvalue weighted by Gasteiger charge is 2.13. The average molecular weight is 284 g/mol. The van der Waals surface area contributed by atoms with Crippen LogP contribution in [0.25, 0.3) is 4.96 Å². The highest BCUT2D eigenvalue weighted by atomic mass is 32.1. The molecule has 0 unspecified atom stereocenters. The van der Waals surface area contributed by atoms with Gasteiger partial charge in [-0.25, -0.2) is 4.98 Å². The Balaban J connectivity index is 2.04. The summed E-state index contributed by atoms with van der Waals surface area (Å²) in [5.74, 6) is 0. The number of aldehydes is 1. The van der Waals surface area contributed by atoms with Crippen LogP contribution in [-0.4, -0.2) is 15.7 Å².